The molecule has 1 aromatic heterocycles. The number of anilines is 2. The first kappa shape index (κ1) is 20.2. The lowest BCUT2D eigenvalue weighted by Crippen LogP contribution is -2.26. The molecule has 3 N–H and O–H groups in total. The van der Waals surface area contributed by atoms with Crippen LogP contribution in [0, 0.1) is 11.6 Å². The zero-order chi connectivity index (χ0) is 23.4. The van der Waals surface area contributed by atoms with E-state index in [4.69, 9.17) is 9.47 Å². The van der Waals surface area contributed by atoms with E-state index < -0.39 is 17.7 Å². The van der Waals surface area contributed by atoms with Crippen LogP contribution in [-0.2, 0) is 11.2 Å². The van der Waals surface area contributed by atoms with Gasteiger partial charge in [-0.05, 0) is 42.8 Å². The van der Waals surface area contributed by atoms with Crippen LogP contribution in [0.5, 0.6) is 17.2 Å². The van der Waals surface area contributed by atoms with Crippen molar-refractivity contribution in [3.05, 3.63) is 82.9 Å². The lowest BCUT2D eigenvalue weighted by atomic mass is 10.1. The van der Waals surface area contributed by atoms with E-state index in [0.717, 1.165) is 23.3 Å². The Kier molecular flexibility index (Phi) is 4.47. The van der Waals surface area contributed by atoms with Crippen molar-refractivity contribution in [2.45, 2.75) is 18.8 Å². The molecule has 34 heavy (non-hydrogen) atoms. The number of benzene rings is 2. The van der Waals surface area contributed by atoms with Crippen molar-refractivity contribution < 1.29 is 27.8 Å². The summed E-state index contributed by atoms with van der Waals surface area (Å²) in [6, 6.07) is 9.36. The Morgan fingerprint density at radius 3 is 2.85 bits per heavy atom. The molecule has 1 aliphatic carbocycles. The minimum absolute atomic E-state index is 0.0783. The molecule has 170 valence electrons. The molecule has 0 radical (unpaired) electrons. The van der Waals surface area contributed by atoms with Crippen molar-refractivity contribution >= 4 is 23.4 Å². The smallest absolute Gasteiger partial charge is 0.323 e. The SMILES string of the molecule is O=C1CCc2c(Oc3ccc4c(c3)[C@H]3C(NC(=O)Nc5ccc(F)cc5F)=C3O4)ccnc2N1. The predicted molar refractivity (Wildman–Crippen MR) is 117 cm³/mol. The summed E-state index contributed by atoms with van der Waals surface area (Å²) in [6.45, 7) is 0. The minimum atomic E-state index is -0.870. The Balaban J connectivity index is 1.16. The molecular weight excluding hydrogens is 446 g/mol. The lowest BCUT2D eigenvalue weighted by molar-refractivity contribution is -0.116. The topological polar surface area (TPSA) is 102 Å². The van der Waals surface area contributed by atoms with E-state index in [-0.39, 0.29) is 17.5 Å². The summed E-state index contributed by atoms with van der Waals surface area (Å²) in [5, 5.41) is 7.76. The second kappa shape index (κ2) is 7.55. The quantitative estimate of drug-likeness (QED) is 0.528. The molecule has 2 aromatic carbocycles. The molecule has 3 heterocycles. The van der Waals surface area contributed by atoms with Gasteiger partial charge in [-0.15, -0.1) is 0 Å². The van der Waals surface area contributed by atoms with Gasteiger partial charge in [-0.25, -0.2) is 18.6 Å². The highest BCUT2D eigenvalue weighted by Gasteiger charge is 2.49. The molecule has 0 unspecified atom stereocenters. The maximum absolute atomic E-state index is 13.8. The molecule has 0 fully saturated rings. The molecule has 10 heteroatoms. The van der Waals surface area contributed by atoms with Gasteiger partial charge in [-0.2, -0.15) is 0 Å². The molecule has 6 rings (SSSR count). The van der Waals surface area contributed by atoms with Gasteiger partial charge in [0.25, 0.3) is 0 Å². The van der Waals surface area contributed by atoms with Crippen LogP contribution >= 0.6 is 0 Å². The van der Waals surface area contributed by atoms with Crippen molar-refractivity contribution in [1.29, 1.82) is 0 Å². The number of rotatable bonds is 4. The summed E-state index contributed by atoms with van der Waals surface area (Å²) in [5.74, 6) is 1.02. The monoisotopic (exact) mass is 462 g/mol. The maximum atomic E-state index is 13.8. The summed E-state index contributed by atoms with van der Waals surface area (Å²) in [6.07, 6.45) is 2.47. The van der Waals surface area contributed by atoms with Crippen LogP contribution in [-0.4, -0.2) is 16.9 Å². The molecule has 3 amide bonds. The number of halogens is 2. The predicted octanol–water partition coefficient (Wildman–Crippen LogP) is 4.56. The van der Waals surface area contributed by atoms with Gasteiger partial charge in [-0.1, -0.05) is 0 Å². The van der Waals surface area contributed by atoms with Gasteiger partial charge in [-0.3, -0.25) is 4.79 Å². The average Bonchev–Trinajstić information content (AvgIpc) is 3.32. The van der Waals surface area contributed by atoms with Gasteiger partial charge in [0.15, 0.2) is 0 Å². The number of pyridine rings is 1. The number of carbonyl (C=O) groups excluding carboxylic acids is 2. The summed E-state index contributed by atoms with van der Waals surface area (Å²) >= 11 is 0. The molecule has 8 nitrogen and oxygen atoms in total. The van der Waals surface area contributed by atoms with E-state index in [1.54, 1.807) is 24.4 Å². The first-order valence-electron chi connectivity index (χ1n) is 10.5. The molecule has 2 aliphatic heterocycles. The largest absolute Gasteiger partial charge is 0.458 e. The molecular formula is C24H16F2N4O4. The maximum Gasteiger partial charge on any atom is 0.323 e. The fourth-order valence-corrected chi connectivity index (χ4v) is 4.12. The summed E-state index contributed by atoms with van der Waals surface area (Å²) < 4.78 is 38.7. The molecule has 0 saturated carbocycles. The Hall–Kier alpha value is -4.47. The van der Waals surface area contributed by atoms with Crippen LogP contribution in [0.1, 0.15) is 23.5 Å². The van der Waals surface area contributed by atoms with Gasteiger partial charge in [0.2, 0.25) is 5.91 Å². The van der Waals surface area contributed by atoms with E-state index in [2.05, 4.69) is 20.9 Å². The van der Waals surface area contributed by atoms with Crippen LogP contribution < -0.4 is 25.4 Å². The average molecular weight is 462 g/mol. The molecule has 1 atom stereocenters. The minimum Gasteiger partial charge on any atom is -0.458 e. The summed E-state index contributed by atoms with van der Waals surface area (Å²) in [5.41, 5.74) is 2.08. The van der Waals surface area contributed by atoms with E-state index >= 15 is 0 Å². The first-order valence-corrected chi connectivity index (χ1v) is 10.5. The number of amides is 3. The number of nitrogens with one attached hydrogen (secondary N) is 3. The highest BCUT2D eigenvalue weighted by molar-refractivity contribution is 5.93. The fraction of sp³-hybridized carbons (Fsp3) is 0.125. The zero-order valence-corrected chi connectivity index (χ0v) is 17.4. The van der Waals surface area contributed by atoms with Crippen molar-refractivity contribution in [2.75, 3.05) is 10.6 Å². The number of hydrogen-bond acceptors (Lipinski definition) is 5. The Labute approximate surface area is 191 Å². The third-order valence-electron chi connectivity index (χ3n) is 5.77. The third-order valence-corrected chi connectivity index (χ3v) is 5.77. The number of urea groups is 1. The zero-order valence-electron chi connectivity index (χ0n) is 17.4. The number of ether oxygens (including phenoxy) is 2. The van der Waals surface area contributed by atoms with Gasteiger partial charge in [0.05, 0.1) is 17.3 Å². The van der Waals surface area contributed by atoms with Crippen LogP contribution in [0.15, 0.2) is 60.1 Å². The number of hydrogen-bond donors (Lipinski definition) is 3. The Morgan fingerprint density at radius 1 is 1.12 bits per heavy atom. The van der Waals surface area contributed by atoms with Crippen LogP contribution in [0.2, 0.25) is 0 Å². The molecule has 0 bridgehead atoms. The van der Waals surface area contributed by atoms with Crippen molar-refractivity contribution in [1.82, 2.24) is 10.3 Å². The standard InChI is InChI=1S/C24H16F2N4O4/c25-11-1-4-16(15(26)9-11)28-24(32)30-21-20-14-10-12(2-5-17(14)34-22(20)21)33-18-7-8-27-23-13(18)3-6-19(31)29-23/h1-2,4-5,7-10,20H,3,6H2,(H,27,29,31)(H2,28,30,32)/t20-/m0/s1. The van der Waals surface area contributed by atoms with Gasteiger partial charge < -0.3 is 25.4 Å². The van der Waals surface area contributed by atoms with Gasteiger partial charge in [0.1, 0.15) is 40.5 Å². The molecule has 0 spiro atoms. The number of allylic oxidation sites excluding steroid dienone is 2. The van der Waals surface area contributed by atoms with E-state index in [9.17, 15) is 18.4 Å². The highest BCUT2D eigenvalue weighted by atomic mass is 19.1. The normalized spacial score (nSPS) is 17.1. The van der Waals surface area contributed by atoms with E-state index in [1.165, 1.54) is 0 Å². The van der Waals surface area contributed by atoms with Gasteiger partial charge in [0, 0.05) is 29.8 Å². The van der Waals surface area contributed by atoms with Crippen LogP contribution in [0.3, 0.4) is 0 Å². The number of nitrogens with zero attached hydrogens (tertiary/aromatic N) is 1. The molecule has 3 aliphatic rings. The highest BCUT2D eigenvalue weighted by Crippen LogP contribution is 2.56. The lowest BCUT2D eigenvalue weighted by Gasteiger charge is -2.19. The van der Waals surface area contributed by atoms with Crippen molar-refractivity contribution in [3.8, 4) is 17.2 Å². The van der Waals surface area contributed by atoms with Crippen LogP contribution in [0.4, 0.5) is 25.1 Å². The molecule has 0 saturated heterocycles. The fourth-order valence-electron chi connectivity index (χ4n) is 4.12. The van der Waals surface area contributed by atoms with Crippen molar-refractivity contribution in [2.24, 2.45) is 0 Å². The van der Waals surface area contributed by atoms with Crippen molar-refractivity contribution in [3.63, 3.8) is 0 Å². The van der Waals surface area contributed by atoms with Crippen LogP contribution in [0.25, 0.3) is 0 Å². The second-order valence-electron chi connectivity index (χ2n) is 8.00. The van der Waals surface area contributed by atoms with E-state index in [1.807, 2.05) is 6.07 Å². The van der Waals surface area contributed by atoms with E-state index in [0.29, 0.717) is 53.4 Å². The third kappa shape index (κ3) is 3.49. The molecule has 3 aromatic rings. The number of carbonyl (C=O) groups is 2. The first-order chi connectivity index (χ1) is 16.5. The Bertz CT molecular complexity index is 1420. The Morgan fingerprint density at radius 2 is 2.00 bits per heavy atom. The second-order valence-corrected chi connectivity index (χ2v) is 8.00. The summed E-state index contributed by atoms with van der Waals surface area (Å²) in [4.78, 5) is 28.1. The summed E-state index contributed by atoms with van der Waals surface area (Å²) in [7, 11) is 0. The van der Waals surface area contributed by atoms with Gasteiger partial charge >= 0.3 is 6.03 Å². The number of fused-ring (bicyclic) bond motifs is 4. The number of aromatic nitrogens is 1.